The number of anilines is 4. The van der Waals surface area contributed by atoms with Gasteiger partial charge in [0.15, 0.2) is 0 Å². The predicted octanol–water partition coefficient (Wildman–Crippen LogP) is 6.44. The summed E-state index contributed by atoms with van der Waals surface area (Å²) in [6, 6.07) is 30.3. The van der Waals surface area contributed by atoms with E-state index in [2.05, 4.69) is 158 Å². The van der Waals surface area contributed by atoms with Crippen molar-refractivity contribution < 1.29 is 28.5 Å². The highest BCUT2D eigenvalue weighted by molar-refractivity contribution is 5.95. The first kappa shape index (κ1) is 58.4. The van der Waals surface area contributed by atoms with Gasteiger partial charge in [0.05, 0.1) is 37.7 Å². The average molecular weight is 1150 g/mol. The number of hydrogen-bond acceptors (Lipinski definition) is 16. The van der Waals surface area contributed by atoms with Gasteiger partial charge >= 0.3 is 12.0 Å². The van der Waals surface area contributed by atoms with E-state index in [1.165, 1.54) is 45.1 Å². The van der Waals surface area contributed by atoms with E-state index in [0.717, 1.165) is 79.7 Å². The lowest BCUT2D eigenvalue weighted by molar-refractivity contribution is -0.129. The second kappa shape index (κ2) is 26.7. The van der Waals surface area contributed by atoms with Crippen LogP contribution in [-0.4, -0.2) is 207 Å². The van der Waals surface area contributed by atoms with Crippen molar-refractivity contribution in [2.75, 3.05) is 145 Å². The van der Waals surface area contributed by atoms with E-state index in [4.69, 9.17) is 52.0 Å². The van der Waals surface area contributed by atoms with Crippen LogP contribution in [0, 0.1) is 13.1 Å². The summed E-state index contributed by atoms with van der Waals surface area (Å²) in [5.41, 5.74) is 6.48. The van der Waals surface area contributed by atoms with Crippen molar-refractivity contribution in [3.63, 3.8) is 0 Å². The number of nitrogens with zero attached hydrogens (tertiary/aromatic N) is 14. The number of rotatable bonds is 14. The smallest absolute Gasteiger partial charge is 0.318 e. The molecule has 8 heterocycles. The van der Waals surface area contributed by atoms with E-state index in [1.54, 1.807) is 9.80 Å². The molecule has 0 aliphatic carbocycles. The van der Waals surface area contributed by atoms with Crippen molar-refractivity contribution in [2.24, 2.45) is 0 Å². The van der Waals surface area contributed by atoms with Crippen LogP contribution >= 0.6 is 0 Å². The first-order valence-electron chi connectivity index (χ1n) is 29.6. The molecule has 6 aliphatic rings. The molecule has 6 aromatic rings. The van der Waals surface area contributed by atoms with Crippen LogP contribution < -0.4 is 29.1 Å². The molecule has 20 heteroatoms. The maximum atomic E-state index is 12.5. The molecule has 0 radical (unpaired) electrons. The van der Waals surface area contributed by atoms with Crippen LogP contribution in [-0.2, 0) is 45.0 Å². The molecule has 0 bridgehead atoms. The fourth-order valence-corrected chi connectivity index (χ4v) is 12.6. The van der Waals surface area contributed by atoms with Gasteiger partial charge in [0.1, 0.15) is 49.1 Å². The number of likely N-dealkylation sites (N-methyl/N-ethyl adjacent to an activating group) is 2. The highest BCUT2D eigenvalue weighted by Gasteiger charge is 2.37. The second-order valence-electron chi connectivity index (χ2n) is 22.8. The quantitative estimate of drug-likeness (QED) is 0.0867. The van der Waals surface area contributed by atoms with Crippen LogP contribution in [0.5, 0.6) is 12.0 Å². The van der Waals surface area contributed by atoms with Crippen LogP contribution in [0.15, 0.2) is 110 Å². The number of fused-ring (bicyclic) bond motifs is 4. The second-order valence-corrected chi connectivity index (χ2v) is 22.8. The molecule has 4 fully saturated rings. The Balaban J connectivity index is 0.000000177. The van der Waals surface area contributed by atoms with Crippen LogP contribution in [0.2, 0.25) is 0 Å². The Bertz CT molecular complexity index is 3490. The van der Waals surface area contributed by atoms with E-state index in [9.17, 15) is 9.59 Å². The van der Waals surface area contributed by atoms with Gasteiger partial charge in [-0.2, -0.15) is 19.9 Å². The lowest BCUT2D eigenvalue weighted by Gasteiger charge is -2.41. The van der Waals surface area contributed by atoms with E-state index in [0.29, 0.717) is 96.8 Å². The standard InChI is InChI=1S/C33H39N7O3.C32H37N7O3/c1-5-31(41)40-16-15-39(18-25(40)17-34-3)32-28-13-14-38(30-12-8-10-24-9-6-7-11-27(24)30)20-29(28)35-33(36-32)43-22-26-19-37(4)23(2)21-42-26;1-4-30(40)39-15-14-38(19-24(39)18-33-2)31-27-12-13-37(29-11-7-9-23-8-5-6-10-26(23)29)21-28(27)34-32(35-31)42-22-25-20-36(3)16-17-41-25/h5-12,23,25-26H,1,13-22H2,2,4H3;4-11,24-25H,1,12-22H2,3H3/t23-,25+,26-;24-,25+/m10/s1. The summed E-state index contributed by atoms with van der Waals surface area (Å²) in [4.78, 5) is 69.3. The van der Waals surface area contributed by atoms with Gasteiger partial charge in [0, 0.05) is 111 Å². The first-order chi connectivity index (χ1) is 41.5. The van der Waals surface area contributed by atoms with Crippen LogP contribution in [0.4, 0.5) is 23.0 Å². The fourth-order valence-electron chi connectivity index (χ4n) is 12.6. The molecule has 4 saturated heterocycles. The summed E-state index contributed by atoms with van der Waals surface area (Å²) in [6.07, 6.45) is 4.12. The number of benzene rings is 4. The maximum absolute atomic E-state index is 12.5. The minimum Gasteiger partial charge on any atom is -0.461 e. The molecule has 20 nitrogen and oxygen atoms in total. The molecule has 442 valence electrons. The molecule has 2 aromatic heterocycles. The SMILES string of the molecule is [C-]#[N+]C[C@H]1CN(c2nc(OC[C@H]3CN(C)CCO3)nc3c2CCN(c2cccc4ccccc24)C3)CCN1C(=O)C=C.[C-]#[N+]C[C@H]1CN(c2nc(OC[C@H]3CN(C)[C@H](C)CO3)nc3c2CCN(c2cccc4ccccc24)C3)CCN1C(=O)C=C. The van der Waals surface area contributed by atoms with Crippen molar-refractivity contribution in [1.82, 2.24) is 39.5 Å². The summed E-state index contributed by atoms with van der Waals surface area (Å²) >= 11 is 0. The molecule has 0 saturated carbocycles. The number of amides is 2. The predicted molar refractivity (Wildman–Crippen MR) is 330 cm³/mol. The van der Waals surface area contributed by atoms with Crippen LogP contribution in [0.1, 0.15) is 29.4 Å². The normalized spacial score (nSPS) is 21.9. The molecule has 6 aliphatic heterocycles. The molecule has 4 aromatic carbocycles. The van der Waals surface area contributed by atoms with E-state index >= 15 is 0 Å². The number of aromatic nitrogens is 4. The van der Waals surface area contributed by atoms with Gasteiger partial charge in [-0.3, -0.25) is 14.5 Å². The van der Waals surface area contributed by atoms with E-state index in [1.807, 2.05) is 0 Å². The van der Waals surface area contributed by atoms with Crippen LogP contribution in [0.3, 0.4) is 0 Å². The minimum atomic E-state index is -0.240. The molecule has 85 heavy (non-hydrogen) atoms. The van der Waals surface area contributed by atoms with Gasteiger partial charge in [-0.1, -0.05) is 86.0 Å². The fraction of sp³-hybridized carbons (Fsp3) is 0.446. The molecular formula is C65H76N14O6. The summed E-state index contributed by atoms with van der Waals surface area (Å²) in [5.74, 6) is 1.41. The first-order valence-corrected chi connectivity index (χ1v) is 29.6. The molecular weight excluding hydrogens is 1070 g/mol. The molecule has 0 unspecified atom stereocenters. The minimum absolute atomic E-state index is 0.0458. The monoisotopic (exact) mass is 1150 g/mol. The van der Waals surface area contributed by atoms with Gasteiger partial charge in [-0.05, 0) is 68.9 Å². The van der Waals surface area contributed by atoms with Crippen molar-refractivity contribution in [2.45, 2.75) is 63.2 Å². The summed E-state index contributed by atoms with van der Waals surface area (Å²) in [7, 11) is 4.19. The molecule has 0 N–H and O–H groups in total. The highest BCUT2D eigenvalue weighted by Crippen LogP contribution is 2.37. The van der Waals surface area contributed by atoms with Crippen molar-refractivity contribution in [3.8, 4) is 12.0 Å². The number of piperazine rings is 2. The van der Waals surface area contributed by atoms with E-state index in [-0.39, 0.29) is 49.2 Å². The van der Waals surface area contributed by atoms with Gasteiger partial charge < -0.3 is 62.9 Å². The maximum Gasteiger partial charge on any atom is 0.318 e. The third-order valence-electron chi connectivity index (χ3n) is 17.3. The van der Waals surface area contributed by atoms with E-state index < -0.39 is 0 Å². The Morgan fingerprint density at radius 2 is 1.08 bits per heavy atom. The van der Waals surface area contributed by atoms with Crippen LogP contribution in [0.25, 0.3) is 31.2 Å². The van der Waals surface area contributed by atoms with Crippen molar-refractivity contribution >= 4 is 56.4 Å². The lowest BCUT2D eigenvalue weighted by Crippen LogP contribution is -2.56. The lowest BCUT2D eigenvalue weighted by atomic mass is 10.0. The molecule has 5 atom stereocenters. The molecule has 2 amide bonds. The summed E-state index contributed by atoms with van der Waals surface area (Å²) < 4.78 is 24.4. The zero-order valence-electron chi connectivity index (χ0n) is 49.1. The Labute approximate surface area is 498 Å². The zero-order valence-corrected chi connectivity index (χ0v) is 49.1. The average Bonchev–Trinajstić information content (AvgIpc) is 2.29. The van der Waals surface area contributed by atoms with Crippen molar-refractivity contribution in [1.29, 1.82) is 0 Å². The Kier molecular flexibility index (Phi) is 18.3. The summed E-state index contributed by atoms with van der Waals surface area (Å²) in [6.45, 7) is 35.7. The number of hydrogen-bond donors (Lipinski definition) is 0. The third-order valence-corrected chi connectivity index (χ3v) is 17.3. The highest BCUT2D eigenvalue weighted by atomic mass is 16.5. The zero-order chi connectivity index (χ0) is 59.0. The molecule has 12 rings (SSSR count). The number of ether oxygens (including phenoxy) is 4. The Morgan fingerprint density at radius 1 is 0.600 bits per heavy atom. The Morgan fingerprint density at radius 3 is 1.55 bits per heavy atom. The van der Waals surface area contributed by atoms with Gasteiger partial charge in [0.2, 0.25) is 24.9 Å². The largest absolute Gasteiger partial charge is 0.461 e. The molecule has 0 spiro atoms. The van der Waals surface area contributed by atoms with Gasteiger partial charge in [-0.15, -0.1) is 0 Å². The topological polar surface area (TPSA) is 157 Å². The third kappa shape index (κ3) is 13.1. The Hall–Kier alpha value is -8.40. The summed E-state index contributed by atoms with van der Waals surface area (Å²) in [5, 5.41) is 4.86. The van der Waals surface area contributed by atoms with Gasteiger partial charge in [0.25, 0.3) is 0 Å². The van der Waals surface area contributed by atoms with Gasteiger partial charge in [-0.25, -0.2) is 13.1 Å². The van der Waals surface area contributed by atoms with Crippen molar-refractivity contribution in [3.05, 3.63) is 156 Å². The number of carbonyl (C=O) groups is 2. The number of morpholine rings is 2. The number of carbonyl (C=O) groups excluding carboxylic acids is 2.